The highest BCUT2D eigenvalue weighted by Gasteiger charge is 2.14. The Labute approximate surface area is 156 Å². The van der Waals surface area contributed by atoms with Gasteiger partial charge in [0, 0.05) is 28.8 Å². The van der Waals surface area contributed by atoms with Crippen molar-refractivity contribution in [2.45, 2.75) is 31.3 Å². The van der Waals surface area contributed by atoms with Crippen LogP contribution < -0.4 is 4.72 Å². The summed E-state index contributed by atoms with van der Waals surface area (Å²) in [7, 11) is -3.57. The van der Waals surface area contributed by atoms with Gasteiger partial charge in [-0.15, -0.1) is 11.3 Å². The van der Waals surface area contributed by atoms with Crippen LogP contribution in [0.2, 0.25) is 0 Å². The van der Waals surface area contributed by atoms with Gasteiger partial charge in [0.15, 0.2) is 5.89 Å². The third kappa shape index (κ3) is 4.39. The van der Waals surface area contributed by atoms with Crippen LogP contribution in [-0.2, 0) is 16.4 Å². The van der Waals surface area contributed by atoms with E-state index in [1.165, 1.54) is 11.3 Å². The summed E-state index contributed by atoms with van der Waals surface area (Å²) < 4.78 is 32.6. The number of sulfonamides is 1. The molecule has 0 aliphatic carbocycles. The lowest BCUT2D eigenvalue weighted by Crippen LogP contribution is -2.25. The minimum Gasteiger partial charge on any atom is -0.449 e. The summed E-state index contributed by atoms with van der Waals surface area (Å²) in [5, 5.41) is 9.54. The van der Waals surface area contributed by atoms with Crippen molar-refractivity contribution in [2.24, 2.45) is 0 Å². The molecule has 0 saturated carbocycles. The van der Waals surface area contributed by atoms with E-state index < -0.39 is 16.1 Å². The number of aliphatic hydroxyl groups excluding tert-OH is 1. The maximum absolute atomic E-state index is 12.4. The molecule has 0 aliphatic heterocycles. The topological polar surface area (TPSA) is 92.4 Å². The van der Waals surface area contributed by atoms with E-state index in [4.69, 9.17) is 4.42 Å². The Morgan fingerprint density at radius 1 is 1.23 bits per heavy atom. The van der Waals surface area contributed by atoms with E-state index in [1.807, 2.05) is 12.1 Å². The lowest BCUT2D eigenvalue weighted by molar-refractivity contribution is 0.203. The van der Waals surface area contributed by atoms with E-state index in [1.54, 1.807) is 44.4 Å². The highest BCUT2D eigenvalue weighted by atomic mass is 32.2. The molecule has 8 heteroatoms. The van der Waals surface area contributed by atoms with Crippen LogP contribution in [0.15, 0.2) is 52.0 Å². The van der Waals surface area contributed by atoms with E-state index in [0.717, 1.165) is 15.3 Å². The Hall–Kier alpha value is -2.00. The number of aromatic nitrogens is 1. The normalized spacial score (nSPS) is 13.0. The molecule has 0 fully saturated rings. The Bertz CT molecular complexity index is 973. The fraction of sp³-hybridized carbons (Fsp3) is 0.278. The van der Waals surface area contributed by atoms with Gasteiger partial charge in [-0.25, -0.2) is 18.1 Å². The van der Waals surface area contributed by atoms with E-state index in [2.05, 4.69) is 9.71 Å². The maximum Gasteiger partial charge on any atom is 0.240 e. The van der Waals surface area contributed by atoms with E-state index in [-0.39, 0.29) is 4.90 Å². The summed E-state index contributed by atoms with van der Waals surface area (Å²) in [6.07, 6.45) is 1.62. The van der Waals surface area contributed by atoms with Gasteiger partial charge in [-0.2, -0.15) is 0 Å². The number of hydrogen-bond acceptors (Lipinski definition) is 6. The molecule has 6 nitrogen and oxygen atoms in total. The summed E-state index contributed by atoms with van der Waals surface area (Å²) >= 11 is 1.49. The number of thiophene rings is 1. The molecule has 138 valence electrons. The van der Waals surface area contributed by atoms with Gasteiger partial charge in [-0.05, 0) is 37.6 Å². The van der Waals surface area contributed by atoms with Crippen LogP contribution in [0.4, 0.5) is 0 Å². The number of aliphatic hydroxyl groups is 1. The standard InChI is InChI=1S/C18H20N2O4S2/c1-12(21)18-8-5-15(25-18)9-10-19-26(22,23)16-6-3-14(4-7-16)17-11-24-13(2)20-17/h3-8,11-12,19,21H,9-10H2,1-2H3/t12-/m1/s1. The summed E-state index contributed by atoms with van der Waals surface area (Å²) in [5.74, 6) is 0.561. The average Bonchev–Trinajstić information content (AvgIpc) is 3.24. The molecule has 0 bridgehead atoms. The SMILES string of the molecule is Cc1nc(-c2ccc(S(=O)(=O)NCCc3ccc([C@@H](C)O)s3)cc2)co1. The predicted molar refractivity (Wildman–Crippen MR) is 101 cm³/mol. The smallest absolute Gasteiger partial charge is 0.240 e. The molecular formula is C18H20N2O4S2. The molecule has 1 aromatic carbocycles. The van der Waals surface area contributed by atoms with E-state index >= 15 is 0 Å². The minimum atomic E-state index is -3.57. The van der Waals surface area contributed by atoms with Crippen molar-refractivity contribution in [3.8, 4) is 11.3 Å². The van der Waals surface area contributed by atoms with Crippen molar-refractivity contribution in [3.05, 3.63) is 58.3 Å². The molecule has 0 unspecified atom stereocenters. The lowest BCUT2D eigenvalue weighted by Gasteiger charge is -2.07. The molecule has 0 spiro atoms. The van der Waals surface area contributed by atoms with Gasteiger partial charge in [0.05, 0.1) is 11.0 Å². The summed E-state index contributed by atoms with van der Waals surface area (Å²) in [4.78, 5) is 6.33. The number of hydrogen-bond donors (Lipinski definition) is 2. The third-order valence-corrected chi connectivity index (χ3v) is 6.63. The van der Waals surface area contributed by atoms with Crippen LogP contribution >= 0.6 is 11.3 Å². The van der Waals surface area contributed by atoms with Gasteiger partial charge < -0.3 is 9.52 Å². The second kappa shape index (κ2) is 7.71. The van der Waals surface area contributed by atoms with Crippen molar-refractivity contribution in [1.82, 2.24) is 9.71 Å². The molecule has 2 N–H and O–H groups in total. The molecule has 0 radical (unpaired) electrons. The van der Waals surface area contributed by atoms with Gasteiger partial charge in [0.25, 0.3) is 0 Å². The number of oxazole rings is 1. The van der Waals surface area contributed by atoms with Gasteiger partial charge in [0.2, 0.25) is 10.0 Å². The lowest BCUT2D eigenvalue weighted by atomic mass is 10.2. The highest BCUT2D eigenvalue weighted by molar-refractivity contribution is 7.89. The van der Waals surface area contributed by atoms with Gasteiger partial charge >= 0.3 is 0 Å². The number of nitrogens with zero attached hydrogens (tertiary/aromatic N) is 1. The summed E-state index contributed by atoms with van der Waals surface area (Å²) in [6, 6.07) is 10.3. The first-order valence-electron chi connectivity index (χ1n) is 8.14. The Morgan fingerprint density at radius 2 is 1.96 bits per heavy atom. The van der Waals surface area contributed by atoms with Crippen LogP contribution in [0.1, 0.15) is 28.7 Å². The zero-order valence-electron chi connectivity index (χ0n) is 14.5. The molecule has 3 aromatic rings. The predicted octanol–water partition coefficient (Wildman–Crippen LogP) is 3.29. The minimum absolute atomic E-state index is 0.206. The molecule has 3 rings (SSSR count). The van der Waals surface area contributed by atoms with Gasteiger partial charge in [-0.1, -0.05) is 12.1 Å². The molecular weight excluding hydrogens is 372 g/mol. The molecule has 2 aromatic heterocycles. The van der Waals surface area contributed by atoms with E-state index in [0.29, 0.717) is 24.6 Å². The number of nitrogens with one attached hydrogen (secondary N) is 1. The zero-order chi connectivity index (χ0) is 18.7. The Kier molecular flexibility index (Phi) is 5.57. The Morgan fingerprint density at radius 3 is 2.54 bits per heavy atom. The van der Waals surface area contributed by atoms with Crippen LogP contribution in [0, 0.1) is 6.92 Å². The largest absolute Gasteiger partial charge is 0.449 e. The first-order valence-corrected chi connectivity index (χ1v) is 10.4. The summed E-state index contributed by atoms with van der Waals surface area (Å²) in [6.45, 7) is 3.76. The quantitative estimate of drug-likeness (QED) is 0.644. The molecule has 0 amide bonds. The van der Waals surface area contributed by atoms with E-state index in [9.17, 15) is 13.5 Å². The fourth-order valence-electron chi connectivity index (χ4n) is 2.45. The average molecular weight is 393 g/mol. The maximum atomic E-state index is 12.4. The number of aryl methyl sites for hydroxylation is 1. The second-order valence-electron chi connectivity index (χ2n) is 5.90. The fourth-order valence-corrected chi connectivity index (χ4v) is 4.43. The second-order valence-corrected chi connectivity index (χ2v) is 8.87. The van der Waals surface area contributed by atoms with Crippen molar-refractivity contribution in [3.63, 3.8) is 0 Å². The molecule has 0 saturated heterocycles. The molecule has 1 atom stereocenters. The monoisotopic (exact) mass is 392 g/mol. The first-order chi connectivity index (χ1) is 12.3. The molecule has 2 heterocycles. The van der Waals surface area contributed by atoms with Crippen molar-refractivity contribution >= 4 is 21.4 Å². The number of rotatable bonds is 7. The van der Waals surface area contributed by atoms with Gasteiger partial charge in [0.1, 0.15) is 12.0 Å². The highest BCUT2D eigenvalue weighted by Crippen LogP contribution is 2.23. The third-order valence-electron chi connectivity index (χ3n) is 3.84. The van der Waals surface area contributed by atoms with Crippen molar-refractivity contribution < 1.29 is 17.9 Å². The van der Waals surface area contributed by atoms with Crippen LogP contribution in [0.25, 0.3) is 11.3 Å². The number of benzene rings is 1. The van der Waals surface area contributed by atoms with Crippen molar-refractivity contribution in [1.29, 1.82) is 0 Å². The van der Waals surface area contributed by atoms with Gasteiger partial charge in [-0.3, -0.25) is 0 Å². The summed E-state index contributed by atoms with van der Waals surface area (Å²) in [5.41, 5.74) is 1.47. The molecule has 0 aliphatic rings. The first kappa shape index (κ1) is 18.8. The van der Waals surface area contributed by atoms with Crippen molar-refractivity contribution in [2.75, 3.05) is 6.54 Å². The van der Waals surface area contributed by atoms with Crippen LogP contribution in [0.3, 0.4) is 0 Å². The molecule has 26 heavy (non-hydrogen) atoms. The van der Waals surface area contributed by atoms with Crippen LogP contribution in [-0.4, -0.2) is 25.1 Å². The van der Waals surface area contributed by atoms with Crippen LogP contribution in [0.5, 0.6) is 0 Å². The zero-order valence-corrected chi connectivity index (χ0v) is 16.1. The Balaban J connectivity index is 1.62.